The minimum Gasteiger partial charge on any atom is -0.372 e. The first-order chi connectivity index (χ1) is 5.75. The lowest BCUT2D eigenvalue weighted by Crippen LogP contribution is -2.36. The molecule has 1 amide bonds. The smallest absolute Gasteiger partial charge is 0.248 e. The summed E-state index contributed by atoms with van der Waals surface area (Å²) >= 11 is 0. The van der Waals surface area contributed by atoms with Gasteiger partial charge in [0.15, 0.2) is 0 Å². The molecule has 70 valence electrons. The molecule has 1 atom stereocenters. The quantitative estimate of drug-likeness (QED) is 0.635. The third-order valence-electron chi connectivity index (χ3n) is 2.30. The molecule has 1 unspecified atom stereocenters. The zero-order valence-electron chi connectivity index (χ0n) is 7.88. The summed E-state index contributed by atoms with van der Waals surface area (Å²) in [6, 6.07) is 0.415. The molecule has 0 saturated carbocycles. The predicted molar refractivity (Wildman–Crippen MR) is 46.9 cm³/mol. The molecule has 1 saturated heterocycles. The van der Waals surface area contributed by atoms with Crippen LogP contribution in [0.5, 0.6) is 0 Å². The van der Waals surface area contributed by atoms with Gasteiger partial charge in [0.05, 0.1) is 0 Å². The van der Waals surface area contributed by atoms with Crippen molar-refractivity contribution in [2.45, 2.75) is 32.7 Å². The van der Waals surface area contributed by atoms with Gasteiger partial charge in [-0.3, -0.25) is 4.79 Å². The van der Waals surface area contributed by atoms with Crippen LogP contribution in [0.4, 0.5) is 0 Å². The van der Waals surface area contributed by atoms with Crippen LogP contribution in [0.25, 0.3) is 0 Å². The molecule has 1 heterocycles. The van der Waals surface area contributed by atoms with Crippen molar-refractivity contribution in [3.8, 4) is 0 Å². The van der Waals surface area contributed by atoms with Crippen LogP contribution in [-0.4, -0.2) is 36.6 Å². The fourth-order valence-corrected chi connectivity index (χ4v) is 1.58. The fraction of sp³-hybridized carbons (Fsp3) is 0.889. The molecule has 0 radical (unpaired) electrons. The molecule has 3 nitrogen and oxygen atoms in total. The van der Waals surface area contributed by atoms with Crippen LogP contribution in [0.3, 0.4) is 0 Å². The highest BCUT2D eigenvalue weighted by Crippen LogP contribution is 2.16. The Labute approximate surface area is 73.7 Å². The zero-order chi connectivity index (χ0) is 8.97. The molecule has 0 bridgehead atoms. The summed E-state index contributed by atoms with van der Waals surface area (Å²) in [5, 5.41) is 0. The van der Waals surface area contributed by atoms with Gasteiger partial charge >= 0.3 is 0 Å². The van der Waals surface area contributed by atoms with Crippen LogP contribution in [0.2, 0.25) is 0 Å². The van der Waals surface area contributed by atoms with Crippen LogP contribution in [0, 0.1) is 0 Å². The molecule has 0 aliphatic carbocycles. The second-order valence-electron chi connectivity index (χ2n) is 3.22. The van der Waals surface area contributed by atoms with E-state index in [0.29, 0.717) is 12.6 Å². The van der Waals surface area contributed by atoms with Gasteiger partial charge in [-0.25, -0.2) is 0 Å². The Morgan fingerprint density at radius 3 is 2.92 bits per heavy atom. The van der Waals surface area contributed by atoms with Crippen LogP contribution >= 0.6 is 0 Å². The summed E-state index contributed by atoms with van der Waals surface area (Å²) in [6.07, 6.45) is 2.27. The minimum atomic E-state index is 0.141. The average molecular weight is 171 g/mol. The highest BCUT2D eigenvalue weighted by molar-refractivity contribution is 5.78. The summed E-state index contributed by atoms with van der Waals surface area (Å²) in [6.45, 7) is 5.78. The number of rotatable bonds is 3. The molecule has 0 N–H and O–H groups in total. The first-order valence-electron chi connectivity index (χ1n) is 4.63. The van der Waals surface area contributed by atoms with Crippen LogP contribution in [0.15, 0.2) is 0 Å². The van der Waals surface area contributed by atoms with E-state index in [-0.39, 0.29) is 12.5 Å². The number of carbonyl (C=O) groups excluding carboxylic acids is 1. The van der Waals surface area contributed by atoms with Crippen LogP contribution < -0.4 is 0 Å². The maximum atomic E-state index is 11.4. The van der Waals surface area contributed by atoms with Crippen molar-refractivity contribution in [2.24, 2.45) is 0 Å². The molecule has 0 aromatic rings. The molecule has 1 fully saturated rings. The van der Waals surface area contributed by atoms with Gasteiger partial charge in [0.25, 0.3) is 0 Å². The molecule has 0 aromatic carbocycles. The first kappa shape index (κ1) is 9.52. The van der Waals surface area contributed by atoms with Gasteiger partial charge in [-0.15, -0.1) is 0 Å². The number of hydrogen-bond donors (Lipinski definition) is 0. The summed E-state index contributed by atoms with van der Waals surface area (Å²) in [5.41, 5.74) is 0. The summed E-state index contributed by atoms with van der Waals surface area (Å²) in [5.74, 6) is 0.141. The number of ether oxygens (including phenoxy) is 1. The predicted octanol–water partition coefficient (Wildman–Crippen LogP) is 1.03. The van der Waals surface area contributed by atoms with E-state index in [0.717, 1.165) is 19.4 Å². The molecule has 0 aromatic heterocycles. The van der Waals surface area contributed by atoms with Crippen LogP contribution in [0.1, 0.15) is 26.7 Å². The second kappa shape index (κ2) is 4.45. The lowest BCUT2D eigenvalue weighted by Gasteiger charge is -2.20. The van der Waals surface area contributed by atoms with Gasteiger partial charge in [0.2, 0.25) is 5.91 Å². The van der Waals surface area contributed by atoms with Crippen molar-refractivity contribution in [2.75, 3.05) is 19.8 Å². The highest BCUT2D eigenvalue weighted by Gasteiger charge is 2.24. The third kappa shape index (κ3) is 2.21. The van der Waals surface area contributed by atoms with E-state index in [1.165, 1.54) is 0 Å². The minimum absolute atomic E-state index is 0.141. The number of carbonyl (C=O) groups is 1. The first-order valence-corrected chi connectivity index (χ1v) is 4.63. The summed E-state index contributed by atoms with van der Waals surface area (Å²) in [4.78, 5) is 13.3. The van der Waals surface area contributed by atoms with Gasteiger partial charge in [-0.2, -0.15) is 0 Å². The number of likely N-dealkylation sites (tertiary alicyclic amines) is 1. The van der Waals surface area contributed by atoms with Crippen molar-refractivity contribution in [3.05, 3.63) is 0 Å². The highest BCUT2D eigenvalue weighted by atomic mass is 16.5. The molecular formula is C9H17NO2. The summed E-state index contributed by atoms with van der Waals surface area (Å²) in [7, 11) is 0. The van der Waals surface area contributed by atoms with Gasteiger partial charge in [0, 0.05) is 19.2 Å². The van der Waals surface area contributed by atoms with Crippen molar-refractivity contribution in [1.29, 1.82) is 0 Å². The fourth-order valence-electron chi connectivity index (χ4n) is 1.58. The zero-order valence-corrected chi connectivity index (χ0v) is 7.88. The van der Waals surface area contributed by atoms with Crippen molar-refractivity contribution >= 4 is 5.91 Å². The Balaban J connectivity index is 2.30. The Kier molecular flexibility index (Phi) is 3.53. The van der Waals surface area contributed by atoms with E-state index >= 15 is 0 Å². The molecule has 3 heteroatoms. The molecular weight excluding hydrogens is 154 g/mol. The van der Waals surface area contributed by atoms with E-state index in [9.17, 15) is 4.79 Å². The normalized spacial score (nSPS) is 23.2. The van der Waals surface area contributed by atoms with Crippen molar-refractivity contribution in [1.82, 2.24) is 4.90 Å². The third-order valence-corrected chi connectivity index (χ3v) is 2.30. The maximum absolute atomic E-state index is 11.4. The van der Waals surface area contributed by atoms with Crippen molar-refractivity contribution in [3.63, 3.8) is 0 Å². The monoisotopic (exact) mass is 171 g/mol. The Morgan fingerprint density at radius 1 is 1.67 bits per heavy atom. The number of amides is 1. The molecule has 1 aliphatic heterocycles. The van der Waals surface area contributed by atoms with E-state index in [4.69, 9.17) is 4.74 Å². The standard InChI is InChI=1S/C9H17NO2/c1-3-12-7-9(11)10-6-4-5-8(10)2/h8H,3-7H2,1-2H3. The summed E-state index contributed by atoms with van der Waals surface area (Å²) < 4.78 is 5.06. The Bertz CT molecular complexity index is 159. The molecule has 1 rings (SSSR count). The van der Waals surface area contributed by atoms with Gasteiger partial charge in [0.1, 0.15) is 6.61 Å². The molecule has 0 spiro atoms. The SMILES string of the molecule is CCOCC(=O)N1CCCC1C. The number of hydrogen-bond acceptors (Lipinski definition) is 2. The number of nitrogens with zero attached hydrogens (tertiary/aromatic N) is 1. The van der Waals surface area contributed by atoms with Gasteiger partial charge in [-0.05, 0) is 26.7 Å². The maximum Gasteiger partial charge on any atom is 0.248 e. The van der Waals surface area contributed by atoms with Crippen LogP contribution in [-0.2, 0) is 9.53 Å². The van der Waals surface area contributed by atoms with E-state index in [2.05, 4.69) is 6.92 Å². The average Bonchev–Trinajstić information content (AvgIpc) is 2.47. The van der Waals surface area contributed by atoms with E-state index in [1.807, 2.05) is 11.8 Å². The lowest BCUT2D eigenvalue weighted by atomic mass is 10.2. The van der Waals surface area contributed by atoms with Crippen molar-refractivity contribution < 1.29 is 9.53 Å². The van der Waals surface area contributed by atoms with E-state index < -0.39 is 0 Å². The lowest BCUT2D eigenvalue weighted by molar-refractivity contribution is -0.136. The Hall–Kier alpha value is -0.570. The topological polar surface area (TPSA) is 29.5 Å². The Morgan fingerprint density at radius 2 is 2.42 bits per heavy atom. The second-order valence-corrected chi connectivity index (χ2v) is 3.22. The molecule has 12 heavy (non-hydrogen) atoms. The van der Waals surface area contributed by atoms with Gasteiger partial charge in [-0.1, -0.05) is 0 Å². The molecule has 1 aliphatic rings. The van der Waals surface area contributed by atoms with Gasteiger partial charge < -0.3 is 9.64 Å². The van der Waals surface area contributed by atoms with E-state index in [1.54, 1.807) is 0 Å². The largest absolute Gasteiger partial charge is 0.372 e.